The molecule has 3 rings (SSSR count). The topological polar surface area (TPSA) is 79.3 Å². The number of ether oxygens (including phenoxy) is 2. The number of likely N-dealkylation sites (tertiary alicyclic amines) is 1. The molecule has 0 saturated carbocycles. The molecule has 1 amide bonds. The molecule has 1 aromatic rings. The Morgan fingerprint density at radius 3 is 2.48 bits per heavy atom. The van der Waals surface area contributed by atoms with Gasteiger partial charge in [0.2, 0.25) is 0 Å². The maximum Gasteiger partial charge on any atom is 0.290 e. The first-order valence-electron chi connectivity index (χ1n) is 11.2. The van der Waals surface area contributed by atoms with E-state index in [1.807, 2.05) is 13.0 Å². The van der Waals surface area contributed by atoms with Gasteiger partial charge in [0.05, 0.1) is 25.3 Å². The molecule has 1 saturated heterocycles. The van der Waals surface area contributed by atoms with Crippen molar-refractivity contribution in [3.8, 4) is 11.5 Å². The molecule has 7 heteroatoms. The number of hydrogen-bond donors (Lipinski definition) is 1. The number of ketones is 1. The highest BCUT2D eigenvalue weighted by molar-refractivity contribution is 6.09. The van der Waals surface area contributed by atoms with Crippen LogP contribution in [0.15, 0.2) is 29.5 Å². The van der Waals surface area contributed by atoms with Crippen LogP contribution in [0.2, 0.25) is 0 Å². The molecular formula is C24H34N2O5. The number of rotatable bonds is 9. The third-order valence-electron chi connectivity index (χ3n) is 6.00. The van der Waals surface area contributed by atoms with E-state index in [0.717, 1.165) is 31.5 Å². The Hall–Kier alpha value is -2.54. The largest absolute Gasteiger partial charge is 0.503 e. The normalized spacial score (nSPS) is 20.0. The van der Waals surface area contributed by atoms with E-state index in [4.69, 9.17) is 9.47 Å². The zero-order valence-corrected chi connectivity index (χ0v) is 19.0. The predicted molar refractivity (Wildman–Crippen MR) is 118 cm³/mol. The summed E-state index contributed by atoms with van der Waals surface area (Å²) in [7, 11) is 1.56. The molecular weight excluding hydrogens is 396 g/mol. The Morgan fingerprint density at radius 2 is 1.87 bits per heavy atom. The molecule has 2 heterocycles. The number of Topliss-reactive ketones (excluding diaryl/α,β-unsaturated/α-hetero) is 1. The van der Waals surface area contributed by atoms with E-state index >= 15 is 0 Å². The van der Waals surface area contributed by atoms with Gasteiger partial charge in [-0.2, -0.15) is 0 Å². The van der Waals surface area contributed by atoms with Gasteiger partial charge in [0, 0.05) is 19.0 Å². The molecule has 0 spiro atoms. The van der Waals surface area contributed by atoms with Gasteiger partial charge in [-0.15, -0.1) is 0 Å². The summed E-state index contributed by atoms with van der Waals surface area (Å²) in [6.45, 7) is 9.13. The molecule has 1 unspecified atom stereocenters. The number of aliphatic hydroxyl groups excluding tert-OH is 1. The number of nitrogens with zero attached hydrogens (tertiary/aromatic N) is 2. The lowest BCUT2D eigenvalue weighted by molar-refractivity contribution is -0.129. The minimum Gasteiger partial charge on any atom is -0.503 e. The van der Waals surface area contributed by atoms with Crippen molar-refractivity contribution < 1.29 is 24.2 Å². The summed E-state index contributed by atoms with van der Waals surface area (Å²) in [5.41, 5.74) is 0.894. The molecule has 0 bridgehead atoms. The number of piperidine rings is 1. The van der Waals surface area contributed by atoms with Crippen LogP contribution in [-0.4, -0.2) is 66.5 Å². The second-order valence-corrected chi connectivity index (χ2v) is 8.43. The number of benzene rings is 1. The van der Waals surface area contributed by atoms with Crippen LogP contribution >= 0.6 is 0 Å². The van der Waals surface area contributed by atoms with Crippen molar-refractivity contribution in [2.24, 2.45) is 5.92 Å². The van der Waals surface area contributed by atoms with Crippen molar-refractivity contribution in [2.75, 3.05) is 39.9 Å². The van der Waals surface area contributed by atoms with Crippen molar-refractivity contribution in [1.29, 1.82) is 0 Å². The minimum atomic E-state index is -0.642. The second-order valence-electron chi connectivity index (χ2n) is 8.43. The van der Waals surface area contributed by atoms with Crippen molar-refractivity contribution in [1.82, 2.24) is 9.80 Å². The molecule has 0 aromatic heterocycles. The highest BCUT2D eigenvalue weighted by atomic mass is 16.5. The quantitative estimate of drug-likeness (QED) is 0.646. The monoisotopic (exact) mass is 430 g/mol. The molecule has 0 radical (unpaired) electrons. The van der Waals surface area contributed by atoms with E-state index in [9.17, 15) is 14.7 Å². The fourth-order valence-electron chi connectivity index (χ4n) is 4.35. The SMILES string of the molecule is CCOc1ccc(C2C(C(=O)C(C)C)=C(O)C(=O)N2CCN2CCCCC2)cc1OC. The summed E-state index contributed by atoms with van der Waals surface area (Å²) < 4.78 is 11.1. The number of aliphatic hydroxyl groups is 1. The average molecular weight is 431 g/mol. The van der Waals surface area contributed by atoms with Crippen LogP contribution in [0.1, 0.15) is 51.6 Å². The Labute approximate surface area is 184 Å². The summed E-state index contributed by atoms with van der Waals surface area (Å²) >= 11 is 0. The molecule has 7 nitrogen and oxygen atoms in total. The standard InChI is InChI=1S/C24H34N2O5/c1-5-31-18-10-9-17(15-19(18)30-4)21-20(22(27)16(2)3)23(28)24(29)26(21)14-13-25-11-7-6-8-12-25/h9-10,15-16,21,28H,5-8,11-14H2,1-4H3. The van der Waals surface area contributed by atoms with Crippen molar-refractivity contribution in [2.45, 2.75) is 46.1 Å². The van der Waals surface area contributed by atoms with Gasteiger partial charge in [-0.1, -0.05) is 26.3 Å². The first kappa shape index (κ1) is 23.1. The van der Waals surface area contributed by atoms with Gasteiger partial charge >= 0.3 is 0 Å². The van der Waals surface area contributed by atoms with E-state index in [1.54, 1.807) is 38.0 Å². The van der Waals surface area contributed by atoms with Crippen molar-refractivity contribution in [3.63, 3.8) is 0 Å². The molecule has 1 fully saturated rings. The Balaban J connectivity index is 1.96. The van der Waals surface area contributed by atoms with Gasteiger partial charge in [-0.05, 0) is 50.6 Å². The summed E-state index contributed by atoms with van der Waals surface area (Å²) in [6, 6.07) is 4.78. The number of methoxy groups -OCH3 is 1. The van der Waals surface area contributed by atoms with E-state index in [2.05, 4.69) is 4.90 Å². The maximum absolute atomic E-state index is 13.0. The first-order valence-corrected chi connectivity index (χ1v) is 11.2. The maximum atomic E-state index is 13.0. The number of carbonyl (C=O) groups is 2. The number of hydrogen-bond acceptors (Lipinski definition) is 6. The van der Waals surface area contributed by atoms with E-state index in [0.29, 0.717) is 31.2 Å². The van der Waals surface area contributed by atoms with E-state index in [1.165, 1.54) is 6.42 Å². The van der Waals surface area contributed by atoms with Gasteiger partial charge in [-0.25, -0.2) is 0 Å². The van der Waals surface area contributed by atoms with Crippen LogP contribution in [-0.2, 0) is 9.59 Å². The smallest absolute Gasteiger partial charge is 0.290 e. The van der Waals surface area contributed by atoms with Gasteiger partial charge < -0.3 is 24.4 Å². The lowest BCUT2D eigenvalue weighted by Crippen LogP contribution is -2.40. The van der Waals surface area contributed by atoms with Crippen molar-refractivity contribution >= 4 is 11.7 Å². The minimum absolute atomic E-state index is 0.171. The van der Waals surface area contributed by atoms with Crippen LogP contribution in [0, 0.1) is 5.92 Å². The Morgan fingerprint density at radius 1 is 1.16 bits per heavy atom. The molecule has 1 atom stereocenters. The number of carbonyl (C=O) groups excluding carboxylic acids is 2. The lowest BCUT2D eigenvalue weighted by atomic mass is 9.91. The van der Waals surface area contributed by atoms with Gasteiger partial charge in [-0.3, -0.25) is 9.59 Å². The van der Waals surface area contributed by atoms with E-state index < -0.39 is 17.7 Å². The molecule has 1 aromatic carbocycles. The van der Waals surface area contributed by atoms with Gasteiger partial charge in [0.25, 0.3) is 5.91 Å². The molecule has 2 aliphatic heterocycles. The molecule has 2 aliphatic rings. The molecule has 170 valence electrons. The summed E-state index contributed by atoms with van der Waals surface area (Å²) in [6.07, 6.45) is 3.56. The summed E-state index contributed by atoms with van der Waals surface area (Å²) in [4.78, 5) is 30.0. The van der Waals surface area contributed by atoms with Crippen LogP contribution in [0.3, 0.4) is 0 Å². The first-order chi connectivity index (χ1) is 14.9. The van der Waals surface area contributed by atoms with Crippen LogP contribution < -0.4 is 9.47 Å². The third kappa shape index (κ3) is 4.87. The van der Waals surface area contributed by atoms with Crippen LogP contribution in [0.4, 0.5) is 0 Å². The van der Waals surface area contributed by atoms with Crippen LogP contribution in [0.5, 0.6) is 11.5 Å². The Bertz CT molecular complexity index is 842. The lowest BCUT2D eigenvalue weighted by Gasteiger charge is -2.32. The second kappa shape index (κ2) is 10.2. The van der Waals surface area contributed by atoms with Gasteiger partial charge in [0.1, 0.15) is 0 Å². The van der Waals surface area contributed by atoms with Gasteiger partial charge in [0.15, 0.2) is 23.0 Å². The van der Waals surface area contributed by atoms with Crippen molar-refractivity contribution in [3.05, 3.63) is 35.1 Å². The zero-order chi connectivity index (χ0) is 22.5. The predicted octanol–water partition coefficient (Wildman–Crippen LogP) is 3.50. The highest BCUT2D eigenvalue weighted by Crippen LogP contribution is 2.41. The average Bonchev–Trinajstić information content (AvgIpc) is 3.03. The van der Waals surface area contributed by atoms with E-state index in [-0.39, 0.29) is 17.3 Å². The summed E-state index contributed by atoms with van der Waals surface area (Å²) in [5.74, 6) is -0.342. The summed E-state index contributed by atoms with van der Waals surface area (Å²) in [5, 5.41) is 10.7. The fourth-order valence-corrected chi connectivity index (χ4v) is 4.35. The Kier molecular flexibility index (Phi) is 7.59. The highest BCUT2D eigenvalue weighted by Gasteiger charge is 2.44. The molecule has 31 heavy (non-hydrogen) atoms. The fraction of sp³-hybridized carbons (Fsp3) is 0.583. The zero-order valence-electron chi connectivity index (χ0n) is 19.0. The molecule has 1 N–H and O–H groups in total. The third-order valence-corrected chi connectivity index (χ3v) is 6.00. The van der Waals surface area contributed by atoms with Crippen LogP contribution in [0.25, 0.3) is 0 Å². The number of amides is 1. The molecule has 0 aliphatic carbocycles.